The number of urea groups is 1. The first-order valence-corrected chi connectivity index (χ1v) is 5.98. The van der Waals surface area contributed by atoms with Crippen molar-refractivity contribution in [1.29, 1.82) is 0 Å². The monoisotopic (exact) mass is 274 g/mol. The molecule has 1 unspecified atom stereocenters. The van der Waals surface area contributed by atoms with E-state index in [9.17, 15) is 22.8 Å². The minimum atomic E-state index is -4.52. The summed E-state index contributed by atoms with van der Waals surface area (Å²) in [5.41, 5.74) is 0. The van der Waals surface area contributed by atoms with Gasteiger partial charge in [-0.1, -0.05) is 0 Å². The minimum absolute atomic E-state index is 0.149. The summed E-state index contributed by atoms with van der Waals surface area (Å²) in [5.74, 6) is -0.794. The van der Waals surface area contributed by atoms with Crippen LogP contribution in [0.4, 0.5) is 18.0 Å². The van der Waals surface area contributed by atoms with Crippen LogP contribution in [0, 0.1) is 0 Å². The number of hydrogen-bond donors (Lipinski definition) is 3. The minimum Gasteiger partial charge on any atom is -0.480 e. The third kappa shape index (κ3) is 8.66. The maximum Gasteiger partial charge on any atom is 0.405 e. The number of nitrogens with one attached hydrogen (secondary N) is 2. The Hall–Kier alpha value is -1.12. The molecule has 0 aromatic carbocycles. The van der Waals surface area contributed by atoms with Crippen molar-refractivity contribution in [1.82, 2.24) is 10.6 Å². The number of amides is 2. The van der Waals surface area contributed by atoms with E-state index in [1.165, 1.54) is 17.1 Å². The summed E-state index contributed by atoms with van der Waals surface area (Å²) in [4.78, 5) is 21.6. The van der Waals surface area contributed by atoms with Gasteiger partial charge in [0.15, 0.2) is 0 Å². The molecular formula is C8H13F3N2O3S. The Morgan fingerprint density at radius 1 is 1.41 bits per heavy atom. The third-order valence-corrected chi connectivity index (χ3v) is 2.31. The Balaban J connectivity index is 4.08. The predicted molar refractivity (Wildman–Crippen MR) is 57.0 cm³/mol. The summed E-state index contributed by atoms with van der Waals surface area (Å²) in [6.45, 7) is -1.49. The van der Waals surface area contributed by atoms with Gasteiger partial charge >= 0.3 is 18.2 Å². The van der Waals surface area contributed by atoms with Crippen LogP contribution in [0.25, 0.3) is 0 Å². The summed E-state index contributed by atoms with van der Waals surface area (Å²) in [5, 5.41) is 12.2. The van der Waals surface area contributed by atoms with Crippen LogP contribution in [0.3, 0.4) is 0 Å². The molecule has 17 heavy (non-hydrogen) atoms. The lowest BCUT2D eigenvalue weighted by molar-refractivity contribution is -0.139. The molecule has 0 saturated carbocycles. The van der Waals surface area contributed by atoms with E-state index in [1.807, 2.05) is 5.32 Å². The van der Waals surface area contributed by atoms with Crippen molar-refractivity contribution in [3.05, 3.63) is 0 Å². The van der Waals surface area contributed by atoms with Gasteiger partial charge in [-0.05, 0) is 18.4 Å². The normalized spacial score (nSPS) is 12.9. The van der Waals surface area contributed by atoms with Crippen molar-refractivity contribution in [3.63, 3.8) is 0 Å². The number of carbonyl (C=O) groups excluding carboxylic acids is 1. The van der Waals surface area contributed by atoms with Gasteiger partial charge in [-0.15, -0.1) is 0 Å². The Kier molecular flexibility index (Phi) is 6.78. The molecule has 0 aromatic rings. The van der Waals surface area contributed by atoms with E-state index in [1.54, 1.807) is 6.26 Å². The lowest BCUT2D eigenvalue weighted by Gasteiger charge is -2.15. The fourth-order valence-electron chi connectivity index (χ4n) is 0.883. The van der Waals surface area contributed by atoms with Crippen molar-refractivity contribution in [2.45, 2.75) is 18.6 Å². The second kappa shape index (κ2) is 7.25. The molecule has 1 atom stereocenters. The van der Waals surface area contributed by atoms with Crippen molar-refractivity contribution in [2.24, 2.45) is 0 Å². The molecular weight excluding hydrogens is 261 g/mol. The number of thioether (sulfide) groups is 1. The number of alkyl halides is 3. The van der Waals surface area contributed by atoms with E-state index >= 15 is 0 Å². The van der Waals surface area contributed by atoms with Gasteiger partial charge < -0.3 is 15.7 Å². The second-order valence-corrected chi connectivity index (χ2v) is 4.10. The number of hydrogen-bond acceptors (Lipinski definition) is 3. The van der Waals surface area contributed by atoms with Crippen molar-refractivity contribution in [2.75, 3.05) is 18.6 Å². The number of carboxylic acids is 1. The van der Waals surface area contributed by atoms with Crippen LogP contribution in [0.1, 0.15) is 6.42 Å². The van der Waals surface area contributed by atoms with Gasteiger partial charge in [0.05, 0.1) is 0 Å². The third-order valence-electron chi connectivity index (χ3n) is 1.66. The van der Waals surface area contributed by atoms with Gasteiger partial charge in [0, 0.05) is 0 Å². The number of rotatable bonds is 6. The van der Waals surface area contributed by atoms with Crippen LogP contribution in [0.15, 0.2) is 0 Å². The molecule has 0 aliphatic rings. The van der Waals surface area contributed by atoms with Crippen LogP contribution in [0.2, 0.25) is 0 Å². The highest BCUT2D eigenvalue weighted by molar-refractivity contribution is 7.98. The van der Waals surface area contributed by atoms with E-state index in [0.717, 1.165) is 0 Å². The first kappa shape index (κ1) is 15.9. The highest BCUT2D eigenvalue weighted by atomic mass is 32.2. The lowest BCUT2D eigenvalue weighted by Crippen LogP contribution is -2.48. The highest BCUT2D eigenvalue weighted by Gasteiger charge is 2.28. The van der Waals surface area contributed by atoms with Crippen LogP contribution in [-0.4, -0.2) is 47.9 Å². The molecule has 0 fully saturated rings. The fraction of sp³-hybridized carbons (Fsp3) is 0.750. The lowest BCUT2D eigenvalue weighted by atomic mass is 10.2. The Labute approximate surface area is 100 Å². The zero-order valence-corrected chi connectivity index (χ0v) is 9.82. The summed E-state index contributed by atoms with van der Waals surface area (Å²) in [6, 6.07) is -2.33. The van der Waals surface area contributed by atoms with Crippen LogP contribution < -0.4 is 10.6 Å². The van der Waals surface area contributed by atoms with Crippen molar-refractivity contribution in [3.8, 4) is 0 Å². The molecule has 0 radical (unpaired) electrons. The van der Waals surface area contributed by atoms with Gasteiger partial charge in [-0.3, -0.25) is 0 Å². The zero-order valence-electron chi connectivity index (χ0n) is 9.00. The molecule has 5 nitrogen and oxygen atoms in total. The van der Waals surface area contributed by atoms with Gasteiger partial charge in [0.2, 0.25) is 0 Å². The zero-order chi connectivity index (χ0) is 13.5. The van der Waals surface area contributed by atoms with E-state index in [0.29, 0.717) is 5.75 Å². The molecule has 0 aliphatic carbocycles. The smallest absolute Gasteiger partial charge is 0.405 e. The topological polar surface area (TPSA) is 78.4 Å². The maximum absolute atomic E-state index is 11.8. The molecule has 0 aliphatic heterocycles. The van der Waals surface area contributed by atoms with Crippen LogP contribution in [-0.2, 0) is 4.79 Å². The summed E-state index contributed by atoms with van der Waals surface area (Å²) in [7, 11) is 0. The number of aliphatic carboxylic acids is 1. The summed E-state index contributed by atoms with van der Waals surface area (Å²) >= 11 is 1.38. The van der Waals surface area contributed by atoms with Gasteiger partial charge in [0.1, 0.15) is 12.6 Å². The van der Waals surface area contributed by atoms with Crippen molar-refractivity contribution >= 4 is 23.8 Å². The Morgan fingerprint density at radius 2 is 2.00 bits per heavy atom. The largest absolute Gasteiger partial charge is 0.480 e. The van der Waals surface area contributed by atoms with Crippen molar-refractivity contribution < 1.29 is 27.9 Å². The number of carbonyl (C=O) groups is 2. The molecule has 0 rings (SSSR count). The second-order valence-electron chi connectivity index (χ2n) is 3.11. The van der Waals surface area contributed by atoms with E-state index in [2.05, 4.69) is 0 Å². The first-order chi connectivity index (χ1) is 7.76. The van der Waals surface area contributed by atoms with Crippen LogP contribution >= 0.6 is 11.8 Å². The molecule has 3 N–H and O–H groups in total. The summed E-state index contributed by atoms with van der Waals surface area (Å²) in [6.07, 6.45) is -2.62. The highest BCUT2D eigenvalue weighted by Crippen LogP contribution is 2.12. The van der Waals surface area contributed by atoms with E-state index in [-0.39, 0.29) is 6.42 Å². The van der Waals surface area contributed by atoms with Gasteiger partial charge in [-0.25, -0.2) is 9.59 Å². The van der Waals surface area contributed by atoms with Gasteiger partial charge in [0.25, 0.3) is 0 Å². The summed E-state index contributed by atoms with van der Waals surface area (Å²) < 4.78 is 35.3. The molecule has 2 amide bonds. The molecule has 0 spiro atoms. The predicted octanol–water partition coefficient (Wildman–Crippen LogP) is 1.05. The SMILES string of the molecule is CSCCC(NC(=O)NCC(F)(F)F)C(=O)O. The number of carboxylic acid groups (broad SMARTS) is 1. The Bertz CT molecular complexity index is 273. The Morgan fingerprint density at radius 3 is 2.41 bits per heavy atom. The average Bonchev–Trinajstić information content (AvgIpc) is 2.19. The molecule has 0 bridgehead atoms. The fourth-order valence-corrected chi connectivity index (χ4v) is 1.35. The quantitative estimate of drug-likeness (QED) is 0.676. The standard InChI is InChI=1S/C8H13F3N2O3S/c1-17-3-2-5(6(14)15)13-7(16)12-4-8(9,10)11/h5H,2-4H2,1H3,(H,14,15)(H2,12,13,16). The maximum atomic E-state index is 11.8. The van der Waals surface area contributed by atoms with Gasteiger partial charge in [-0.2, -0.15) is 24.9 Å². The molecule has 0 heterocycles. The van der Waals surface area contributed by atoms with E-state index < -0.39 is 30.8 Å². The van der Waals surface area contributed by atoms with E-state index in [4.69, 9.17) is 5.11 Å². The molecule has 0 saturated heterocycles. The average molecular weight is 274 g/mol. The van der Waals surface area contributed by atoms with Crippen LogP contribution in [0.5, 0.6) is 0 Å². The number of halogens is 3. The molecule has 0 aromatic heterocycles. The molecule has 9 heteroatoms. The first-order valence-electron chi connectivity index (χ1n) is 4.59. The molecule has 100 valence electrons.